The van der Waals surface area contributed by atoms with Crippen molar-refractivity contribution in [3.8, 4) is 0 Å². The van der Waals surface area contributed by atoms with Crippen molar-refractivity contribution < 1.29 is 4.74 Å². The summed E-state index contributed by atoms with van der Waals surface area (Å²) in [5.41, 5.74) is 1.44. The van der Waals surface area contributed by atoms with Gasteiger partial charge in [-0.1, -0.05) is 6.92 Å². The number of hydrogen-bond donors (Lipinski definition) is 1. The molecule has 17 heavy (non-hydrogen) atoms. The van der Waals surface area contributed by atoms with E-state index in [4.69, 9.17) is 4.74 Å². The molecule has 1 aromatic heterocycles. The summed E-state index contributed by atoms with van der Waals surface area (Å²) in [4.78, 5) is 1.42. The highest BCUT2D eigenvalue weighted by Gasteiger charge is 2.42. The third kappa shape index (κ3) is 2.28. The zero-order chi connectivity index (χ0) is 12.6. The Bertz CT molecular complexity index is 376. The zero-order valence-corrected chi connectivity index (χ0v) is 12.2. The van der Waals surface area contributed by atoms with Crippen LogP contribution in [-0.4, -0.2) is 19.3 Å². The number of rotatable bonds is 3. The van der Waals surface area contributed by atoms with Gasteiger partial charge in [0.2, 0.25) is 0 Å². The summed E-state index contributed by atoms with van der Waals surface area (Å²) in [6, 6.07) is 2.67. The Morgan fingerprint density at radius 1 is 1.29 bits per heavy atom. The van der Waals surface area contributed by atoms with Crippen LogP contribution in [0.4, 0.5) is 0 Å². The summed E-state index contributed by atoms with van der Waals surface area (Å²) in [5.74, 6) is 1.16. The van der Waals surface area contributed by atoms with E-state index in [1.165, 1.54) is 10.4 Å². The molecule has 1 N–H and O–H groups in total. The van der Waals surface area contributed by atoms with Gasteiger partial charge in [0.1, 0.15) is 0 Å². The van der Waals surface area contributed by atoms with Crippen molar-refractivity contribution in [2.24, 2.45) is 11.8 Å². The Balaban J connectivity index is 2.27. The summed E-state index contributed by atoms with van der Waals surface area (Å²) in [6.07, 6.45) is 0.696. The topological polar surface area (TPSA) is 21.3 Å². The Hall–Kier alpha value is -0.380. The molecule has 0 saturated carbocycles. The molecule has 1 aliphatic heterocycles. The molecule has 0 radical (unpaired) electrons. The van der Waals surface area contributed by atoms with E-state index in [0.29, 0.717) is 30.1 Å². The molecule has 2 rings (SSSR count). The van der Waals surface area contributed by atoms with Crippen molar-refractivity contribution in [1.82, 2.24) is 5.32 Å². The molecule has 0 aliphatic carbocycles. The van der Waals surface area contributed by atoms with Gasteiger partial charge in [0.15, 0.2) is 0 Å². The van der Waals surface area contributed by atoms with E-state index in [-0.39, 0.29) is 0 Å². The summed E-state index contributed by atoms with van der Waals surface area (Å²) >= 11 is 1.83. The van der Waals surface area contributed by atoms with Crippen LogP contribution >= 0.6 is 11.3 Å². The first kappa shape index (κ1) is 13.1. The minimum Gasteiger partial charge on any atom is -0.375 e. The third-order valence-electron chi connectivity index (χ3n) is 4.25. The average molecular weight is 253 g/mol. The molecule has 5 unspecified atom stereocenters. The van der Waals surface area contributed by atoms with E-state index in [1.54, 1.807) is 0 Å². The minimum atomic E-state index is 0.330. The Kier molecular flexibility index (Phi) is 3.91. The first-order valence-corrected chi connectivity index (χ1v) is 7.31. The van der Waals surface area contributed by atoms with Gasteiger partial charge in [-0.25, -0.2) is 0 Å². The largest absolute Gasteiger partial charge is 0.375 e. The summed E-state index contributed by atoms with van der Waals surface area (Å²) in [5, 5.41) is 5.68. The average Bonchev–Trinajstić information content (AvgIpc) is 2.79. The molecule has 3 heteroatoms. The molecular formula is C14H23NOS. The molecule has 2 heterocycles. The lowest BCUT2D eigenvalue weighted by Gasteiger charge is -2.29. The lowest BCUT2D eigenvalue weighted by Crippen LogP contribution is -2.33. The van der Waals surface area contributed by atoms with Gasteiger partial charge in [0.05, 0.1) is 12.2 Å². The molecule has 96 valence electrons. The van der Waals surface area contributed by atoms with Gasteiger partial charge < -0.3 is 10.1 Å². The van der Waals surface area contributed by atoms with Crippen molar-refractivity contribution in [1.29, 1.82) is 0 Å². The molecule has 2 nitrogen and oxygen atoms in total. The minimum absolute atomic E-state index is 0.330. The monoisotopic (exact) mass is 253 g/mol. The van der Waals surface area contributed by atoms with Gasteiger partial charge in [-0.15, -0.1) is 11.3 Å². The van der Waals surface area contributed by atoms with E-state index in [2.05, 4.69) is 51.5 Å². The molecule has 1 aromatic rings. The lowest BCUT2D eigenvalue weighted by molar-refractivity contribution is 0.0478. The van der Waals surface area contributed by atoms with Gasteiger partial charge in [0.25, 0.3) is 0 Å². The lowest BCUT2D eigenvalue weighted by atomic mass is 9.80. The van der Waals surface area contributed by atoms with Gasteiger partial charge in [-0.05, 0) is 50.7 Å². The fourth-order valence-corrected chi connectivity index (χ4v) is 3.89. The quantitative estimate of drug-likeness (QED) is 0.891. The van der Waals surface area contributed by atoms with Crippen molar-refractivity contribution in [2.45, 2.75) is 45.9 Å². The molecular weight excluding hydrogens is 230 g/mol. The van der Waals surface area contributed by atoms with Crippen LogP contribution in [0.3, 0.4) is 0 Å². The van der Waals surface area contributed by atoms with Gasteiger partial charge in [0, 0.05) is 16.8 Å². The van der Waals surface area contributed by atoms with Crippen LogP contribution in [-0.2, 0) is 4.74 Å². The molecule has 5 atom stereocenters. The van der Waals surface area contributed by atoms with E-state index >= 15 is 0 Å². The van der Waals surface area contributed by atoms with Crippen LogP contribution in [0.25, 0.3) is 0 Å². The summed E-state index contributed by atoms with van der Waals surface area (Å²) in [7, 11) is 2.06. The molecule has 0 spiro atoms. The number of nitrogens with one attached hydrogen (secondary N) is 1. The highest BCUT2D eigenvalue weighted by molar-refractivity contribution is 7.10. The second kappa shape index (κ2) is 5.09. The Morgan fingerprint density at radius 2 is 2.00 bits per heavy atom. The predicted octanol–water partition coefficient (Wildman–Crippen LogP) is 3.38. The van der Waals surface area contributed by atoms with Crippen molar-refractivity contribution in [3.05, 3.63) is 21.9 Å². The number of thiophene rings is 1. The van der Waals surface area contributed by atoms with Crippen LogP contribution in [0.15, 0.2) is 11.4 Å². The number of hydrogen-bond acceptors (Lipinski definition) is 3. The van der Waals surface area contributed by atoms with E-state index in [0.717, 1.165) is 0 Å². The fraction of sp³-hybridized carbons (Fsp3) is 0.714. The standard InChI is InChI=1S/C14H23NOS/c1-8-9(2)16-10(3)13(8)14(15-5)12-6-7-17-11(12)4/h6-10,13-15H,1-5H3. The highest BCUT2D eigenvalue weighted by Crippen LogP contribution is 2.41. The van der Waals surface area contributed by atoms with Crippen LogP contribution in [0.2, 0.25) is 0 Å². The van der Waals surface area contributed by atoms with Gasteiger partial charge in [-0.3, -0.25) is 0 Å². The molecule has 1 fully saturated rings. The summed E-state index contributed by atoms with van der Waals surface area (Å²) in [6.45, 7) is 8.91. The second-order valence-electron chi connectivity index (χ2n) is 5.18. The normalized spacial score (nSPS) is 35.1. The van der Waals surface area contributed by atoms with Crippen LogP contribution in [0.1, 0.15) is 37.3 Å². The molecule has 1 aliphatic rings. The maximum absolute atomic E-state index is 5.97. The van der Waals surface area contributed by atoms with Crippen LogP contribution < -0.4 is 5.32 Å². The number of aryl methyl sites for hydroxylation is 1. The maximum atomic E-state index is 5.97. The van der Waals surface area contributed by atoms with Crippen molar-refractivity contribution in [3.63, 3.8) is 0 Å². The van der Waals surface area contributed by atoms with E-state index in [9.17, 15) is 0 Å². The Morgan fingerprint density at radius 3 is 2.41 bits per heavy atom. The third-order valence-corrected chi connectivity index (χ3v) is 5.11. The first-order valence-electron chi connectivity index (χ1n) is 6.43. The van der Waals surface area contributed by atoms with Crippen molar-refractivity contribution >= 4 is 11.3 Å². The van der Waals surface area contributed by atoms with E-state index in [1.807, 2.05) is 11.3 Å². The zero-order valence-electron chi connectivity index (χ0n) is 11.4. The van der Waals surface area contributed by atoms with E-state index < -0.39 is 0 Å². The fourth-order valence-electron chi connectivity index (χ4n) is 3.14. The highest BCUT2D eigenvalue weighted by atomic mass is 32.1. The summed E-state index contributed by atoms with van der Waals surface area (Å²) < 4.78 is 5.97. The maximum Gasteiger partial charge on any atom is 0.0600 e. The Labute approximate surface area is 108 Å². The predicted molar refractivity (Wildman–Crippen MR) is 73.5 cm³/mol. The second-order valence-corrected chi connectivity index (χ2v) is 6.30. The number of ether oxygens (including phenoxy) is 1. The van der Waals surface area contributed by atoms with Crippen molar-refractivity contribution in [2.75, 3.05) is 7.05 Å². The van der Waals surface area contributed by atoms with Gasteiger partial charge in [-0.2, -0.15) is 0 Å². The van der Waals surface area contributed by atoms with Crippen LogP contribution in [0.5, 0.6) is 0 Å². The smallest absolute Gasteiger partial charge is 0.0600 e. The van der Waals surface area contributed by atoms with Gasteiger partial charge >= 0.3 is 0 Å². The first-order chi connectivity index (χ1) is 8.06. The molecule has 1 saturated heterocycles. The SMILES string of the molecule is CNC(c1ccsc1C)C1C(C)OC(C)C1C. The molecule has 0 aromatic carbocycles. The molecule has 0 bridgehead atoms. The van der Waals surface area contributed by atoms with Crippen LogP contribution in [0, 0.1) is 18.8 Å². The molecule has 0 amide bonds.